The number of hydrogen-bond acceptors (Lipinski definition) is 3. The Kier molecular flexibility index (Phi) is 4.51. The summed E-state index contributed by atoms with van der Waals surface area (Å²) in [5.74, 6) is 0.174. The third-order valence-electron chi connectivity index (χ3n) is 2.23. The second-order valence-corrected chi connectivity index (χ2v) is 3.69. The highest BCUT2D eigenvalue weighted by Crippen LogP contribution is 2.07. The Balaban J connectivity index is 2.41. The third kappa shape index (κ3) is 4.55. The number of hydrogen-bond donors (Lipinski definition) is 1. The molecule has 5 nitrogen and oxygen atoms in total. The molecule has 1 aromatic heterocycles. The van der Waals surface area contributed by atoms with Crippen LogP contribution >= 0.6 is 0 Å². The lowest BCUT2D eigenvalue weighted by Gasteiger charge is -2.13. The third-order valence-corrected chi connectivity index (χ3v) is 2.23. The molecule has 0 aliphatic carbocycles. The van der Waals surface area contributed by atoms with Gasteiger partial charge in [-0.2, -0.15) is 0 Å². The van der Waals surface area contributed by atoms with Crippen LogP contribution in [0.5, 0.6) is 0 Å². The van der Waals surface area contributed by atoms with Crippen molar-refractivity contribution in [2.24, 2.45) is 0 Å². The molecule has 1 N–H and O–H groups in total. The van der Waals surface area contributed by atoms with Gasteiger partial charge in [-0.15, -0.1) is 0 Å². The first kappa shape index (κ1) is 13.0. The molecule has 1 heterocycles. The molecule has 17 heavy (non-hydrogen) atoms. The monoisotopic (exact) mass is 237 g/mol. The first-order valence-corrected chi connectivity index (χ1v) is 5.20. The smallest absolute Gasteiger partial charge is 0.328 e. The van der Waals surface area contributed by atoms with Crippen LogP contribution in [0.3, 0.4) is 0 Å². The number of carbonyl (C=O) groups excluding carboxylic acids is 1. The second kappa shape index (κ2) is 5.89. The zero-order valence-corrected chi connectivity index (χ0v) is 9.84. The van der Waals surface area contributed by atoms with Gasteiger partial charge >= 0.3 is 5.97 Å². The Morgan fingerprint density at radius 1 is 1.41 bits per heavy atom. The molecule has 1 amide bonds. The van der Waals surface area contributed by atoms with Crippen LogP contribution < -0.4 is 0 Å². The number of furan rings is 1. The number of carboxylic acid groups (broad SMARTS) is 1. The number of nitrogens with zero attached hydrogens (tertiary/aromatic N) is 1. The van der Waals surface area contributed by atoms with Crippen LogP contribution in [0.4, 0.5) is 0 Å². The van der Waals surface area contributed by atoms with Crippen molar-refractivity contribution in [3.05, 3.63) is 35.8 Å². The average molecular weight is 237 g/mol. The SMILES string of the molecule is Cc1ccc(CCN(C)C(=O)/C=C/C(=O)O)o1. The summed E-state index contributed by atoms with van der Waals surface area (Å²) in [5.41, 5.74) is 0. The summed E-state index contributed by atoms with van der Waals surface area (Å²) in [5, 5.41) is 8.38. The molecule has 0 aliphatic heterocycles. The van der Waals surface area contributed by atoms with E-state index in [1.165, 1.54) is 4.90 Å². The molecule has 0 atom stereocenters. The summed E-state index contributed by atoms with van der Waals surface area (Å²) in [6.45, 7) is 2.34. The van der Waals surface area contributed by atoms with Crippen LogP contribution in [0, 0.1) is 6.92 Å². The highest BCUT2D eigenvalue weighted by Gasteiger charge is 2.07. The van der Waals surface area contributed by atoms with Crippen molar-refractivity contribution in [3.63, 3.8) is 0 Å². The predicted octanol–water partition coefficient (Wildman–Crippen LogP) is 1.23. The molecule has 0 saturated heterocycles. The molecule has 5 heteroatoms. The van der Waals surface area contributed by atoms with E-state index in [1.807, 2.05) is 19.1 Å². The van der Waals surface area contributed by atoms with Crippen molar-refractivity contribution in [2.75, 3.05) is 13.6 Å². The molecular formula is C12H15NO4. The van der Waals surface area contributed by atoms with Gasteiger partial charge in [0, 0.05) is 32.2 Å². The highest BCUT2D eigenvalue weighted by molar-refractivity contribution is 5.93. The van der Waals surface area contributed by atoms with E-state index in [-0.39, 0.29) is 5.91 Å². The van der Waals surface area contributed by atoms with Crippen LogP contribution in [0.1, 0.15) is 11.5 Å². The van der Waals surface area contributed by atoms with Gasteiger partial charge in [0.05, 0.1) is 0 Å². The number of carboxylic acids is 1. The predicted molar refractivity (Wildman–Crippen MR) is 61.6 cm³/mol. The molecule has 92 valence electrons. The zero-order valence-electron chi connectivity index (χ0n) is 9.84. The van der Waals surface area contributed by atoms with E-state index in [9.17, 15) is 9.59 Å². The molecule has 0 fully saturated rings. The lowest BCUT2D eigenvalue weighted by atomic mass is 10.3. The van der Waals surface area contributed by atoms with Crippen molar-refractivity contribution in [1.82, 2.24) is 4.90 Å². The van der Waals surface area contributed by atoms with E-state index in [2.05, 4.69) is 0 Å². The Morgan fingerprint density at radius 3 is 2.65 bits per heavy atom. The van der Waals surface area contributed by atoms with E-state index < -0.39 is 5.97 Å². The zero-order chi connectivity index (χ0) is 12.8. The van der Waals surface area contributed by atoms with Crippen molar-refractivity contribution >= 4 is 11.9 Å². The average Bonchev–Trinajstić information content (AvgIpc) is 2.68. The molecule has 0 unspecified atom stereocenters. The van der Waals surface area contributed by atoms with E-state index in [0.717, 1.165) is 23.7 Å². The molecule has 0 bridgehead atoms. The maximum atomic E-state index is 11.4. The molecule has 1 aromatic rings. The lowest BCUT2D eigenvalue weighted by Crippen LogP contribution is -2.27. The Morgan fingerprint density at radius 2 is 2.12 bits per heavy atom. The summed E-state index contributed by atoms with van der Waals surface area (Å²) in [7, 11) is 1.62. The maximum Gasteiger partial charge on any atom is 0.328 e. The first-order valence-electron chi connectivity index (χ1n) is 5.20. The van der Waals surface area contributed by atoms with E-state index in [1.54, 1.807) is 7.05 Å². The van der Waals surface area contributed by atoms with Gasteiger partial charge in [-0.05, 0) is 19.1 Å². The van der Waals surface area contributed by atoms with E-state index in [0.29, 0.717) is 13.0 Å². The van der Waals surface area contributed by atoms with Crippen molar-refractivity contribution in [1.29, 1.82) is 0 Å². The summed E-state index contributed by atoms with van der Waals surface area (Å²) in [4.78, 5) is 23.1. The van der Waals surface area contributed by atoms with E-state index >= 15 is 0 Å². The molecule has 1 rings (SSSR count). The number of likely N-dealkylation sites (N-methyl/N-ethyl adjacent to an activating group) is 1. The van der Waals surface area contributed by atoms with Crippen LogP contribution in [0.15, 0.2) is 28.7 Å². The largest absolute Gasteiger partial charge is 0.478 e. The number of aliphatic carboxylic acids is 1. The fourth-order valence-electron chi connectivity index (χ4n) is 1.28. The number of carbonyl (C=O) groups is 2. The minimum atomic E-state index is -1.13. The Labute approximate surface area is 99.3 Å². The van der Waals surface area contributed by atoms with Crippen LogP contribution in [0.25, 0.3) is 0 Å². The normalized spacial score (nSPS) is 10.7. The van der Waals surface area contributed by atoms with Crippen molar-refractivity contribution in [2.45, 2.75) is 13.3 Å². The van der Waals surface area contributed by atoms with Crippen LogP contribution in [-0.4, -0.2) is 35.5 Å². The van der Waals surface area contributed by atoms with E-state index in [4.69, 9.17) is 9.52 Å². The number of aryl methyl sites for hydroxylation is 1. The number of rotatable bonds is 5. The minimum absolute atomic E-state index is 0.337. The van der Waals surface area contributed by atoms with Gasteiger partial charge in [0.15, 0.2) is 0 Å². The van der Waals surface area contributed by atoms with Crippen LogP contribution in [-0.2, 0) is 16.0 Å². The molecular weight excluding hydrogens is 222 g/mol. The fraction of sp³-hybridized carbons (Fsp3) is 0.333. The minimum Gasteiger partial charge on any atom is -0.478 e. The quantitative estimate of drug-likeness (QED) is 0.782. The summed E-state index contributed by atoms with van der Waals surface area (Å²) in [6, 6.07) is 3.72. The van der Waals surface area contributed by atoms with Crippen LogP contribution in [0.2, 0.25) is 0 Å². The van der Waals surface area contributed by atoms with Gasteiger partial charge in [-0.25, -0.2) is 4.79 Å². The summed E-state index contributed by atoms with van der Waals surface area (Å²) >= 11 is 0. The first-order chi connectivity index (χ1) is 7.99. The standard InChI is InChI=1S/C12H15NO4/c1-9-3-4-10(17-9)7-8-13(2)11(14)5-6-12(15)16/h3-6H,7-8H2,1-2H3,(H,15,16)/b6-5+. The number of amides is 1. The highest BCUT2D eigenvalue weighted by atomic mass is 16.4. The van der Waals surface area contributed by atoms with Crippen molar-refractivity contribution in [3.8, 4) is 0 Å². The summed E-state index contributed by atoms with van der Waals surface area (Å²) < 4.78 is 5.36. The molecule has 0 radical (unpaired) electrons. The molecule has 0 saturated carbocycles. The van der Waals surface area contributed by atoms with Gasteiger partial charge in [0.2, 0.25) is 5.91 Å². The second-order valence-electron chi connectivity index (χ2n) is 3.69. The maximum absolute atomic E-state index is 11.4. The van der Waals surface area contributed by atoms with Gasteiger partial charge in [-0.1, -0.05) is 0 Å². The summed E-state index contributed by atoms with van der Waals surface area (Å²) in [6.07, 6.45) is 2.47. The molecule has 0 aliphatic rings. The van der Waals surface area contributed by atoms with Crippen molar-refractivity contribution < 1.29 is 19.1 Å². The molecule has 0 spiro atoms. The lowest BCUT2D eigenvalue weighted by molar-refractivity contribution is -0.132. The topological polar surface area (TPSA) is 70.8 Å². The molecule has 0 aromatic carbocycles. The Bertz CT molecular complexity index is 433. The fourth-order valence-corrected chi connectivity index (χ4v) is 1.28. The Hall–Kier alpha value is -2.04. The van der Waals surface area contributed by atoms with Gasteiger partial charge < -0.3 is 14.4 Å². The van der Waals surface area contributed by atoms with Gasteiger partial charge in [0.25, 0.3) is 0 Å². The van der Waals surface area contributed by atoms with Gasteiger partial charge in [0.1, 0.15) is 11.5 Å². The van der Waals surface area contributed by atoms with Gasteiger partial charge in [-0.3, -0.25) is 4.79 Å².